The first-order valence-corrected chi connectivity index (χ1v) is 10.0. The van der Waals surface area contributed by atoms with E-state index in [2.05, 4.69) is 10.3 Å². The Morgan fingerprint density at radius 2 is 2.04 bits per heavy atom. The fourth-order valence-electron chi connectivity index (χ4n) is 2.58. The van der Waals surface area contributed by atoms with Crippen LogP contribution in [-0.4, -0.2) is 61.7 Å². The molecule has 0 bridgehead atoms. The standard InChI is InChI=1S/C16H23N3O5S/c1-4-12-10-24-13(5-2)9-19(12)16(21)15(20)18-11-6-7-14(17-8-11)25(3,22)23/h6-8,12-13H,4-5,9-10H2,1-3H3,(H,18,20). The van der Waals surface area contributed by atoms with E-state index in [-0.39, 0.29) is 22.9 Å². The van der Waals surface area contributed by atoms with Crippen molar-refractivity contribution in [3.8, 4) is 0 Å². The molecule has 2 rings (SSSR count). The summed E-state index contributed by atoms with van der Waals surface area (Å²) < 4.78 is 28.4. The molecule has 2 unspecified atom stereocenters. The third kappa shape index (κ3) is 4.76. The molecule has 1 aromatic heterocycles. The smallest absolute Gasteiger partial charge is 0.313 e. The number of rotatable bonds is 4. The summed E-state index contributed by atoms with van der Waals surface area (Å²) >= 11 is 0. The number of hydrogen-bond acceptors (Lipinski definition) is 6. The van der Waals surface area contributed by atoms with E-state index in [1.807, 2.05) is 13.8 Å². The van der Waals surface area contributed by atoms with Gasteiger partial charge in [0.2, 0.25) is 0 Å². The summed E-state index contributed by atoms with van der Waals surface area (Å²) in [4.78, 5) is 30.1. The molecule has 8 nitrogen and oxygen atoms in total. The van der Waals surface area contributed by atoms with Crippen LogP contribution in [0.3, 0.4) is 0 Å². The molecule has 1 aromatic rings. The molecule has 138 valence electrons. The van der Waals surface area contributed by atoms with Gasteiger partial charge in [0.15, 0.2) is 14.9 Å². The van der Waals surface area contributed by atoms with E-state index in [0.717, 1.165) is 12.7 Å². The Morgan fingerprint density at radius 1 is 1.32 bits per heavy atom. The maximum absolute atomic E-state index is 12.5. The van der Waals surface area contributed by atoms with Gasteiger partial charge in [0, 0.05) is 12.8 Å². The predicted octanol–water partition coefficient (Wildman–Crippen LogP) is 0.840. The third-order valence-corrected chi connectivity index (χ3v) is 5.12. The minimum Gasteiger partial charge on any atom is -0.374 e. The molecular formula is C16H23N3O5S. The number of pyridine rings is 1. The molecule has 9 heteroatoms. The SMILES string of the molecule is CCC1CN(C(=O)C(=O)Nc2ccc(S(C)(=O)=O)nc2)C(CC)CO1. The Bertz CT molecular complexity index is 733. The fraction of sp³-hybridized carbons (Fsp3) is 0.562. The normalized spacial score (nSPS) is 21.0. The predicted molar refractivity (Wildman–Crippen MR) is 91.8 cm³/mol. The average Bonchev–Trinajstić information content (AvgIpc) is 2.60. The van der Waals surface area contributed by atoms with Crippen LogP contribution < -0.4 is 5.32 Å². The lowest BCUT2D eigenvalue weighted by Crippen LogP contribution is -2.54. The van der Waals surface area contributed by atoms with Gasteiger partial charge in [-0.2, -0.15) is 0 Å². The van der Waals surface area contributed by atoms with Crippen LogP contribution in [0.2, 0.25) is 0 Å². The minimum absolute atomic E-state index is 0.0738. The maximum Gasteiger partial charge on any atom is 0.313 e. The van der Waals surface area contributed by atoms with E-state index in [0.29, 0.717) is 19.6 Å². The van der Waals surface area contributed by atoms with Gasteiger partial charge in [-0.15, -0.1) is 0 Å². The number of anilines is 1. The van der Waals surface area contributed by atoms with Crippen LogP contribution in [0.4, 0.5) is 5.69 Å². The molecule has 1 fully saturated rings. The molecule has 2 amide bonds. The Kier molecular flexibility index (Phi) is 6.12. The molecule has 0 saturated carbocycles. The second kappa shape index (κ2) is 7.92. The summed E-state index contributed by atoms with van der Waals surface area (Å²) in [5.74, 6) is -1.40. The third-order valence-electron chi connectivity index (χ3n) is 4.12. The first-order chi connectivity index (χ1) is 11.8. The first-order valence-electron chi connectivity index (χ1n) is 8.15. The van der Waals surface area contributed by atoms with E-state index < -0.39 is 21.7 Å². The number of amides is 2. The van der Waals surface area contributed by atoms with Crippen LogP contribution in [0.5, 0.6) is 0 Å². The maximum atomic E-state index is 12.5. The highest BCUT2D eigenvalue weighted by Gasteiger charge is 2.33. The zero-order chi connectivity index (χ0) is 18.6. The van der Waals surface area contributed by atoms with Gasteiger partial charge >= 0.3 is 11.8 Å². The zero-order valence-corrected chi connectivity index (χ0v) is 15.4. The quantitative estimate of drug-likeness (QED) is 0.789. The molecule has 1 aliphatic rings. The zero-order valence-electron chi connectivity index (χ0n) is 14.6. The number of sulfone groups is 1. The van der Waals surface area contributed by atoms with Crippen molar-refractivity contribution in [2.24, 2.45) is 0 Å². The van der Waals surface area contributed by atoms with Crippen molar-refractivity contribution in [1.82, 2.24) is 9.88 Å². The van der Waals surface area contributed by atoms with Crippen molar-refractivity contribution in [3.63, 3.8) is 0 Å². The molecular weight excluding hydrogens is 346 g/mol. The lowest BCUT2D eigenvalue weighted by molar-refractivity contribution is -0.153. The highest BCUT2D eigenvalue weighted by Crippen LogP contribution is 2.17. The summed E-state index contributed by atoms with van der Waals surface area (Å²) in [6.07, 6.45) is 3.64. The molecule has 0 aliphatic carbocycles. The number of carbonyl (C=O) groups excluding carboxylic acids is 2. The summed E-state index contributed by atoms with van der Waals surface area (Å²) in [7, 11) is -3.41. The van der Waals surface area contributed by atoms with Gasteiger partial charge in [-0.3, -0.25) is 9.59 Å². The molecule has 2 atom stereocenters. The highest BCUT2D eigenvalue weighted by atomic mass is 32.2. The molecule has 1 aliphatic heterocycles. The summed E-state index contributed by atoms with van der Waals surface area (Å²) in [5, 5.41) is 2.37. The van der Waals surface area contributed by atoms with Gasteiger partial charge in [-0.25, -0.2) is 13.4 Å². The van der Waals surface area contributed by atoms with Crippen molar-refractivity contribution in [1.29, 1.82) is 0 Å². The van der Waals surface area contributed by atoms with E-state index >= 15 is 0 Å². The van der Waals surface area contributed by atoms with Crippen LogP contribution in [0.25, 0.3) is 0 Å². The monoisotopic (exact) mass is 369 g/mol. The lowest BCUT2D eigenvalue weighted by Gasteiger charge is -2.38. The van der Waals surface area contributed by atoms with E-state index in [4.69, 9.17) is 4.74 Å². The second-order valence-electron chi connectivity index (χ2n) is 5.99. The molecule has 1 saturated heterocycles. The molecule has 0 spiro atoms. The van der Waals surface area contributed by atoms with E-state index in [1.165, 1.54) is 18.3 Å². The van der Waals surface area contributed by atoms with Gasteiger partial charge in [0.1, 0.15) is 0 Å². The van der Waals surface area contributed by atoms with Crippen LogP contribution in [-0.2, 0) is 24.2 Å². The molecule has 2 heterocycles. The Balaban J connectivity index is 2.07. The van der Waals surface area contributed by atoms with Crippen molar-refractivity contribution in [2.75, 3.05) is 24.7 Å². The number of aromatic nitrogens is 1. The number of nitrogens with zero attached hydrogens (tertiary/aromatic N) is 2. The fourth-order valence-corrected chi connectivity index (χ4v) is 3.14. The van der Waals surface area contributed by atoms with Crippen molar-refractivity contribution < 1.29 is 22.7 Å². The number of carbonyl (C=O) groups is 2. The van der Waals surface area contributed by atoms with Crippen molar-refractivity contribution >= 4 is 27.3 Å². The van der Waals surface area contributed by atoms with E-state index in [9.17, 15) is 18.0 Å². The van der Waals surface area contributed by atoms with Gasteiger partial charge in [0.05, 0.1) is 30.6 Å². The first kappa shape index (κ1) is 19.3. The number of hydrogen-bond donors (Lipinski definition) is 1. The van der Waals surface area contributed by atoms with Crippen LogP contribution in [0.15, 0.2) is 23.4 Å². The number of morpholine rings is 1. The minimum atomic E-state index is -3.41. The second-order valence-corrected chi connectivity index (χ2v) is 7.96. The number of ether oxygens (including phenoxy) is 1. The Hall–Kier alpha value is -2.00. The van der Waals surface area contributed by atoms with Gasteiger partial charge in [0.25, 0.3) is 0 Å². The topological polar surface area (TPSA) is 106 Å². The highest BCUT2D eigenvalue weighted by molar-refractivity contribution is 7.90. The van der Waals surface area contributed by atoms with Gasteiger partial charge in [-0.05, 0) is 25.0 Å². The largest absolute Gasteiger partial charge is 0.374 e. The summed E-state index contributed by atoms with van der Waals surface area (Å²) in [5.41, 5.74) is 0.263. The Labute approximate surface area is 147 Å². The molecule has 1 N–H and O–H groups in total. The number of nitrogens with one attached hydrogen (secondary N) is 1. The molecule has 0 radical (unpaired) electrons. The van der Waals surface area contributed by atoms with Crippen molar-refractivity contribution in [2.45, 2.75) is 43.9 Å². The van der Waals surface area contributed by atoms with Gasteiger partial charge < -0.3 is 15.0 Å². The lowest BCUT2D eigenvalue weighted by atomic mass is 10.1. The van der Waals surface area contributed by atoms with E-state index in [1.54, 1.807) is 4.90 Å². The Morgan fingerprint density at radius 3 is 2.56 bits per heavy atom. The van der Waals surface area contributed by atoms with Crippen LogP contribution >= 0.6 is 0 Å². The van der Waals surface area contributed by atoms with Crippen molar-refractivity contribution in [3.05, 3.63) is 18.3 Å². The van der Waals surface area contributed by atoms with Crippen LogP contribution in [0, 0.1) is 0 Å². The average molecular weight is 369 g/mol. The summed E-state index contributed by atoms with van der Waals surface area (Å²) in [6, 6.07) is 2.55. The van der Waals surface area contributed by atoms with Gasteiger partial charge in [-0.1, -0.05) is 13.8 Å². The molecule has 25 heavy (non-hydrogen) atoms. The van der Waals surface area contributed by atoms with Crippen LogP contribution in [0.1, 0.15) is 26.7 Å². The summed E-state index contributed by atoms with van der Waals surface area (Å²) in [6.45, 7) is 4.70. The molecule has 0 aromatic carbocycles.